The minimum Gasteiger partial charge on any atom is -0.399 e. The molecule has 2 aromatic heterocycles. The maximum Gasteiger partial charge on any atom is 0.491 e. The minimum atomic E-state index is -5.26. The van der Waals surface area contributed by atoms with E-state index >= 15 is 0 Å². The van der Waals surface area contributed by atoms with Crippen molar-refractivity contribution >= 4 is 41.4 Å². The Kier molecular flexibility index (Phi) is 7.44. The number of carbonyl (C=O) groups excluding carboxylic acids is 2. The molecule has 2 atom stereocenters. The molecule has 37 heavy (non-hydrogen) atoms. The van der Waals surface area contributed by atoms with E-state index < -0.39 is 30.1 Å². The third kappa shape index (κ3) is 5.55. The summed E-state index contributed by atoms with van der Waals surface area (Å²) in [4.78, 5) is 33.4. The van der Waals surface area contributed by atoms with Crippen molar-refractivity contribution < 1.29 is 32.2 Å². The Bertz CT molecular complexity index is 1320. The zero-order valence-corrected chi connectivity index (χ0v) is 20.1. The second-order valence-corrected chi connectivity index (χ2v) is 8.44. The van der Waals surface area contributed by atoms with Gasteiger partial charge in [0.2, 0.25) is 0 Å². The number of ether oxygens (including phenoxy) is 2. The summed E-state index contributed by atoms with van der Waals surface area (Å²) in [7, 11) is 0. The van der Waals surface area contributed by atoms with Gasteiger partial charge in [0, 0.05) is 36.4 Å². The van der Waals surface area contributed by atoms with E-state index in [4.69, 9.17) is 9.47 Å². The lowest BCUT2D eigenvalue weighted by Crippen LogP contribution is -2.69. The smallest absolute Gasteiger partial charge is 0.399 e. The van der Waals surface area contributed by atoms with Gasteiger partial charge in [-0.25, -0.2) is 14.7 Å². The molecule has 0 aliphatic carbocycles. The number of morpholine rings is 1. The summed E-state index contributed by atoms with van der Waals surface area (Å²) in [5, 5.41) is 5.83. The molecule has 2 aliphatic rings. The fourth-order valence-electron chi connectivity index (χ4n) is 4.32. The van der Waals surface area contributed by atoms with Crippen molar-refractivity contribution in [1.82, 2.24) is 25.5 Å². The number of aromatic nitrogens is 2. The monoisotopic (exact) mass is 537 g/mol. The largest absolute Gasteiger partial charge is 0.491 e. The number of rotatable bonds is 5. The van der Waals surface area contributed by atoms with Crippen LogP contribution in [0.4, 0.5) is 13.2 Å². The lowest BCUT2D eigenvalue weighted by Gasteiger charge is -2.43. The summed E-state index contributed by atoms with van der Waals surface area (Å²) in [6.07, 6.45) is -0.507. The molecule has 3 N–H and O–H groups in total. The van der Waals surface area contributed by atoms with Gasteiger partial charge in [-0.3, -0.25) is 10.1 Å². The predicted octanol–water partition coefficient (Wildman–Crippen LogP) is 2.71. The molecule has 2 saturated heterocycles. The van der Waals surface area contributed by atoms with E-state index in [9.17, 15) is 22.8 Å². The number of hydrogen-bond acceptors (Lipinski definition) is 7. The Morgan fingerprint density at radius 3 is 2.76 bits per heavy atom. The zero-order valence-electron chi connectivity index (χ0n) is 19.2. The first-order valence-corrected chi connectivity index (χ1v) is 11.2. The number of pyridine rings is 1. The van der Waals surface area contributed by atoms with Crippen LogP contribution in [0.1, 0.15) is 11.1 Å². The minimum absolute atomic E-state index is 0. The molecule has 0 spiro atoms. The number of hydrogen-bond donors (Lipinski definition) is 3. The second kappa shape index (κ2) is 10.4. The van der Waals surface area contributed by atoms with Gasteiger partial charge in [0.1, 0.15) is 11.3 Å². The van der Waals surface area contributed by atoms with Crippen LogP contribution in [0.25, 0.3) is 17.1 Å². The molecular weight excluding hydrogens is 515 g/mol. The summed E-state index contributed by atoms with van der Waals surface area (Å²) in [5.74, 6) is -5.40. The number of nitrogens with one attached hydrogen (secondary N) is 3. The average molecular weight is 538 g/mol. The number of nitrogens with zero attached hydrogens (tertiary/aromatic N) is 2. The standard InChI is InChI=1S/C24H22F3N5O4.ClH/c25-23(26,27)22(34)36-24(32-9-10-35-17(14-32)11-15-5-2-1-3-6-15)30-19(21(33)31-24)12-16-13-29-20-18(16)7-4-8-28-20;/h1-8,12-13,17,30H,9-11,14H2,(H,28,29)(H,31,33);1H/t17-,24?;/m1./s1. The van der Waals surface area contributed by atoms with E-state index in [0.29, 0.717) is 23.0 Å². The van der Waals surface area contributed by atoms with Crippen molar-refractivity contribution in [2.75, 3.05) is 19.7 Å². The fraction of sp³-hybridized carbons (Fsp3) is 0.292. The van der Waals surface area contributed by atoms with Gasteiger partial charge >= 0.3 is 18.1 Å². The highest BCUT2D eigenvalue weighted by molar-refractivity contribution is 6.02. The molecular formula is C24H23ClF3N5O4. The molecule has 9 nitrogen and oxygen atoms in total. The van der Waals surface area contributed by atoms with Gasteiger partial charge in [-0.2, -0.15) is 13.2 Å². The molecule has 5 rings (SSSR count). The highest BCUT2D eigenvalue weighted by atomic mass is 35.5. The Morgan fingerprint density at radius 1 is 1.22 bits per heavy atom. The number of carbonyl (C=O) groups is 2. The number of fused-ring (bicyclic) bond motifs is 1. The first kappa shape index (κ1) is 26.5. The van der Waals surface area contributed by atoms with Crippen molar-refractivity contribution in [1.29, 1.82) is 0 Å². The third-order valence-electron chi connectivity index (χ3n) is 5.98. The molecule has 1 amide bonds. The number of halogens is 4. The van der Waals surface area contributed by atoms with Gasteiger partial charge in [-0.1, -0.05) is 30.3 Å². The fourth-order valence-corrected chi connectivity index (χ4v) is 4.32. The quantitative estimate of drug-likeness (QED) is 0.339. The first-order chi connectivity index (χ1) is 17.2. The normalized spacial score (nSPS) is 23.4. The molecule has 3 aromatic rings. The van der Waals surface area contributed by atoms with Crippen LogP contribution in [0, 0.1) is 0 Å². The Morgan fingerprint density at radius 2 is 2.00 bits per heavy atom. The van der Waals surface area contributed by atoms with Gasteiger partial charge in [-0.15, -0.1) is 12.4 Å². The van der Waals surface area contributed by atoms with Crippen molar-refractivity contribution in [2.24, 2.45) is 0 Å². The van der Waals surface area contributed by atoms with Gasteiger partial charge < -0.3 is 19.8 Å². The van der Waals surface area contributed by atoms with Crippen molar-refractivity contribution in [3.63, 3.8) is 0 Å². The van der Waals surface area contributed by atoms with Crippen molar-refractivity contribution in [2.45, 2.75) is 24.7 Å². The number of aromatic amines is 1. The van der Waals surface area contributed by atoms with Crippen molar-refractivity contribution in [3.8, 4) is 0 Å². The SMILES string of the molecule is Cl.O=C1NC(OC(=O)C(F)(F)F)(N2CCO[C@H](Cc3ccccc3)C2)NC1=Cc1c[nH]c2ncccc12. The Balaban J connectivity index is 0.00000320. The van der Waals surface area contributed by atoms with E-state index in [0.717, 1.165) is 5.56 Å². The molecule has 1 aromatic carbocycles. The van der Waals surface area contributed by atoms with E-state index in [2.05, 4.69) is 20.6 Å². The molecule has 13 heteroatoms. The topological polar surface area (TPSA) is 109 Å². The summed E-state index contributed by atoms with van der Waals surface area (Å²) in [6.45, 7) is 0.360. The van der Waals surface area contributed by atoms with Gasteiger partial charge in [0.15, 0.2) is 0 Å². The average Bonchev–Trinajstić information content (AvgIpc) is 3.41. The Labute approximate surface area is 215 Å². The Hall–Kier alpha value is -3.61. The van der Waals surface area contributed by atoms with Crippen LogP contribution in [0.2, 0.25) is 0 Å². The maximum absolute atomic E-state index is 13.2. The molecule has 0 radical (unpaired) electrons. The number of alkyl halides is 3. The number of benzene rings is 1. The van der Waals surface area contributed by atoms with Crippen LogP contribution in [-0.2, 0) is 25.5 Å². The molecule has 1 unspecified atom stereocenters. The summed E-state index contributed by atoms with van der Waals surface area (Å²) < 4.78 is 50.3. The summed E-state index contributed by atoms with van der Waals surface area (Å²) in [6, 6.07) is 12.9. The van der Waals surface area contributed by atoms with E-state index in [1.54, 1.807) is 24.5 Å². The maximum atomic E-state index is 13.2. The molecule has 2 aliphatic heterocycles. The van der Waals surface area contributed by atoms with Crippen LogP contribution >= 0.6 is 12.4 Å². The van der Waals surface area contributed by atoms with Gasteiger partial charge in [0.25, 0.3) is 5.91 Å². The van der Waals surface area contributed by atoms with Crippen LogP contribution in [-0.4, -0.2) is 64.7 Å². The second-order valence-electron chi connectivity index (χ2n) is 8.44. The van der Waals surface area contributed by atoms with Gasteiger partial charge in [0.05, 0.1) is 12.7 Å². The molecule has 2 fully saturated rings. The lowest BCUT2D eigenvalue weighted by atomic mass is 10.1. The number of H-pyrrole nitrogens is 1. The van der Waals surface area contributed by atoms with Crippen LogP contribution in [0.3, 0.4) is 0 Å². The first-order valence-electron chi connectivity index (χ1n) is 11.2. The predicted molar refractivity (Wildman–Crippen MR) is 129 cm³/mol. The molecule has 0 saturated carbocycles. The van der Waals surface area contributed by atoms with Gasteiger partial charge in [-0.05, 0) is 30.2 Å². The molecule has 4 heterocycles. The van der Waals surface area contributed by atoms with Crippen molar-refractivity contribution in [3.05, 3.63) is 71.7 Å². The lowest BCUT2D eigenvalue weighted by molar-refractivity contribution is -0.247. The third-order valence-corrected chi connectivity index (χ3v) is 5.98. The number of amides is 1. The number of esters is 1. The van der Waals surface area contributed by atoms with E-state index in [-0.39, 0.29) is 37.8 Å². The van der Waals surface area contributed by atoms with Crippen LogP contribution in [0.5, 0.6) is 0 Å². The highest BCUT2D eigenvalue weighted by Crippen LogP contribution is 2.29. The van der Waals surface area contributed by atoms with Crippen LogP contribution in [0.15, 0.2) is 60.6 Å². The molecule has 196 valence electrons. The van der Waals surface area contributed by atoms with E-state index in [1.165, 1.54) is 11.0 Å². The summed E-state index contributed by atoms with van der Waals surface area (Å²) >= 11 is 0. The highest BCUT2D eigenvalue weighted by Gasteiger charge is 2.55. The van der Waals surface area contributed by atoms with E-state index in [1.807, 2.05) is 30.3 Å². The zero-order chi connectivity index (χ0) is 25.3. The van der Waals surface area contributed by atoms with Crippen LogP contribution < -0.4 is 10.6 Å². The molecule has 0 bridgehead atoms. The summed E-state index contributed by atoms with van der Waals surface area (Å²) in [5.41, 5.74) is 2.07.